The number of hydrogen-bond donors (Lipinski definition) is 0. The van der Waals surface area contributed by atoms with Crippen molar-refractivity contribution in [1.29, 1.82) is 0 Å². The Morgan fingerprint density at radius 1 is 1.00 bits per heavy atom. The number of rotatable bonds is 3. The minimum absolute atomic E-state index is 0.454. The van der Waals surface area contributed by atoms with Gasteiger partial charge in [0.25, 0.3) is 0 Å². The Morgan fingerprint density at radius 2 is 1.53 bits per heavy atom. The molecule has 94 valence electrons. The summed E-state index contributed by atoms with van der Waals surface area (Å²) in [6, 6.07) is 9.43. The molecule has 2 rings (SSSR count). The molecule has 0 amide bonds. The van der Waals surface area contributed by atoms with Gasteiger partial charge in [-0.1, -0.05) is 80.5 Å². The molecule has 17 heavy (non-hydrogen) atoms. The van der Waals surface area contributed by atoms with Gasteiger partial charge in [0.15, 0.2) is 0 Å². The van der Waals surface area contributed by atoms with Crippen molar-refractivity contribution >= 4 is 22.6 Å². The molecular weight excluding hydrogens is 319 g/mol. The lowest BCUT2D eigenvalue weighted by molar-refractivity contribution is 0.448. The van der Waals surface area contributed by atoms with Gasteiger partial charge in [-0.2, -0.15) is 0 Å². The molecule has 0 radical (unpaired) electrons. The van der Waals surface area contributed by atoms with Crippen molar-refractivity contribution in [1.82, 2.24) is 0 Å². The third-order valence-electron chi connectivity index (χ3n) is 4.41. The van der Waals surface area contributed by atoms with Crippen LogP contribution in [0.1, 0.15) is 63.5 Å². The number of alkyl halides is 1. The number of halogens is 1. The van der Waals surface area contributed by atoms with Crippen molar-refractivity contribution < 1.29 is 0 Å². The molecule has 0 N–H and O–H groups in total. The zero-order chi connectivity index (χ0) is 12.5. The standard InChI is InChI=1S/C16H23I/c1-12(2)14-6-8-15(9-7-14)16(13(3)17)10-4-5-11-16/h6-9,12-13H,4-5,10-11H2,1-3H3. The van der Waals surface area contributed by atoms with E-state index in [-0.39, 0.29) is 0 Å². The molecule has 1 heteroatoms. The van der Waals surface area contributed by atoms with Gasteiger partial charge in [0.1, 0.15) is 0 Å². The quantitative estimate of drug-likeness (QED) is 0.506. The van der Waals surface area contributed by atoms with Crippen LogP contribution in [-0.2, 0) is 5.41 Å². The smallest absolute Gasteiger partial charge is 0.0178 e. The van der Waals surface area contributed by atoms with E-state index in [4.69, 9.17) is 0 Å². The molecule has 1 aliphatic rings. The van der Waals surface area contributed by atoms with Gasteiger partial charge in [-0.15, -0.1) is 0 Å². The summed E-state index contributed by atoms with van der Waals surface area (Å²) >= 11 is 2.62. The fourth-order valence-electron chi connectivity index (χ4n) is 3.12. The molecular formula is C16H23I. The van der Waals surface area contributed by atoms with E-state index in [9.17, 15) is 0 Å². The fourth-order valence-corrected chi connectivity index (χ4v) is 4.10. The van der Waals surface area contributed by atoms with Crippen molar-refractivity contribution in [3.05, 3.63) is 35.4 Å². The van der Waals surface area contributed by atoms with Crippen LogP contribution in [0, 0.1) is 0 Å². The Balaban J connectivity index is 2.31. The second kappa shape index (κ2) is 5.29. The third kappa shape index (κ3) is 2.54. The highest BCUT2D eigenvalue weighted by atomic mass is 127. The summed E-state index contributed by atoms with van der Waals surface area (Å²) in [4.78, 5) is 0. The van der Waals surface area contributed by atoms with Crippen LogP contribution in [0.5, 0.6) is 0 Å². The van der Waals surface area contributed by atoms with E-state index in [0.29, 0.717) is 11.3 Å². The lowest BCUT2D eigenvalue weighted by Crippen LogP contribution is -2.30. The summed E-state index contributed by atoms with van der Waals surface area (Å²) in [6.07, 6.45) is 5.55. The number of benzene rings is 1. The van der Waals surface area contributed by atoms with Crippen LogP contribution in [0.4, 0.5) is 0 Å². The van der Waals surface area contributed by atoms with E-state index < -0.39 is 0 Å². The first-order valence-corrected chi connectivity index (χ1v) is 8.05. The summed E-state index contributed by atoms with van der Waals surface area (Å²) in [7, 11) is 0. The van der Waals surface area contributed by atoms with Gasteiger partial charge in [0.2, 0.25) is 0 Å². The zero-order valence-corrected chi connectivity index (χ0v) is 13.3. The second-order valence-electron chi connectivity index (χ2n) is 5.76. The summed E-state index contributed by atoms with van der Waals surface area (Å²) in [5.41, 5.74) is 3.49. The van der Waals surface area contributed by atoms with Crippen LogP contribution < -0.4 is 0 Å². The predicted octanol–water partition coefficient (Wildman–Crippen LogP) is 5.45. The highest BCUT2D eigenvalue weighted by Crippen LogP contribution is 2.46. The molecule has 1 atom stereocenters. The van der Waals surface area contributed by atoms with Gasteiger partial charge in [-0.25, -0.2) is 0 Å². The Kier molecular flexibility index (Phi) is 4.17. The first kappa shape index (κ1) is 13.4. The molecule has 0 heterocycles. The van der Waals surface area contributed by atoms with Crippen LogP contribution in [0.2, 0.25) is 0 Å². The lowest BCUT2D eigenvalue weighted by atomic mass is 9.76. The predicted molar refractivity (Wildman–Crippen MR) is 84.2 cm³/mol. The maximum absolute atomic E-state index is 2.62. The van der Waals surface area contributed by atoms with Crippen molar-refractivity contribution in [2.24, 2.45) is 0 Å². The van der Waals surface area contributed by atoms with Gasteiger partial charge in [0, 0.05) is 9.34 Å². The highest BCUT2D eigenvalue weighted by molar-refractivity contribution is 14.1. The molecule has 1 unspecified atom stereocenters. The van der Waals surface area contributed by atoms with Gasteiger partial charge >= 0.3 is 0 Å². The van der Waals surface area contributed by atoms with Crippen molar-refractivity contribution in [3.8, 4) is 0 Å². The van der Waals surface area contributed by atoms with Crippen molar-refractivity contribution in [2.45, 2.75) is 61.7 Å². The summed E-state index contributed by atoms with van der Waals surface area (Å²) in [6.45, 7) is 6.91. The van der Waals surface area contributed by atoms with E-state index in [1.165, 1.54) is 31.2 Å². The van der Waals surface area contributed by atoms with Crippen LogP contribution in [0.15, 0.2) is 24.3 Å². The summed E-state index contributed by atoms with van der Waals surface area (Å²) in [5, 5.41) is 0. The lowest BCUT2D eigenvalue weighted by Gasteiger charge is -2.33. The molecule has 0 aliphatic heterocycles. The van der Waals surface area contributed by atoms with Gasteiger partial charge in [-0.05, 0) is 29.9 Å². The minimum atomic E-state index is 0.454. The average molecular weight is 342 g/mol. The van der Waals surface area contributed by atoms with E-state index >= 15 is 0 Å². The second-order valence-corrected chi connectivity index (χ2v) is 7.62. The van der Waals surface area contributed by atoms with Crippen molar-refractivity contribution in [2.75, 3.05) is 0 Å². The third-order valence-corrected chi connectivity index (χ3v) is 5.60. The SMILES string of the molecule is CC(C)c1ccc(C2(C(C)I)CCCC2)cc1. The molecule has 0 saturated heterocycles. The van der Waals surface area contributed by atoms with Gasteiger partial charge < -0.3 is 0 Å². The maximum Gasteiger partial charge on any atom is 0.0178 e. The van der Waals surface area contributed by atoms with Crippen LogP contribution in [0.3, 0.4) is 0 Å². The van der Waals surface area contributed by atoms with E-state index in [1.54, 1.807) is 5.56 Å². The van der Waals surface area contributed by atoms with Crippen LogP contribution >= 0.6 is 22.6 Å². The molecule has 1 saturated carbocycles. The Bertz CT molecular complexity index is 356. The topological polar surface area (TPSA) is 0 Å². The monoisotopic (exact) mass is 342 g/mol. The maximum atomic E-state index is 2.62. The first-order chi connectivity index (χ1) is 8.06. The van der Waals surface area contributed by atoms with Crippen molar-refractivity contribution in [3.63, 3.8) is 0 Å². The van der Waals surface area contributed by atoms with E-state index in [0.717, 1.165) is 3.92 Å². The molecule has 0 bridgehead atoms. The average Bonchev–Trinajstić information content (AvgIpc) is 2.79. The highest BCUT2D eigenvalue weighted by Gasteiger charge is 2.39. The molecule has 1 aromatic rings. The summed E-state index contributed by atoms with van der Waals surface area (Å²) in [5.74, 6) is 0.639. The molecule has 0 nitrogen and oxygen atoms in total. The Morgan fingerprint density at radius 3 is 1.94 bits per heavy atom. The molecule has 0 aromatic heterocycles. The molecule has 1 aromatic carbocycles. The zero-order valence-electron chi connectivity index (χ0n) is 11.2. The minimum Gasteiger partial charge on any atom is -0.0820 e. The van der Waals surface area contributed by atoms with Gasteiger partial charge in [0.05, 0.1) is 0 Å². The van der Waals surface area contributed by atoms with Crippen LogP contribution in [0.25, 0.3) is 0 Å². The molecule has 1 aliphatic carbocycles. The largest absolute Gasteiger partial charge is 0.0820 e. The van der Waals surface area contributed by atoms with E-state index in [1.807, 2.05) is 0 Å². The number of hydrogen-bond acceptors (Lipinski definition) is 0. The Hall–Kier alpha value is -0.0500. The van der Waals surface area contributed by atoms with Crippen LogP contribution in [-0.4, -0.2) is 3.92 Å². The fraction of sp³-hybridized carbons (Fsp3) is 0.625. The molecule has 1 fully saturated rings. The van der Waals surface area contributed by atoms with E-state index in [2.05, 4.69) is 67.6 Å². The summed E-state index contributed by atoms with van der Waals surface area (Å²) < 4.78 is 0.729. The first-order valence-electron chi connectivity index (χ1n) is 6.81. The molecule has 0 spiro atoms. The Labute approximate surface area is 119 Å². The normalized spacial score (nSPS) is 20.8. The van der Waals surface area contributed by atoms with Gasteiger partial charge in [-0.3, -0.25) is 0 Å².